The standard InChI is InChI=1S/C22H25N5O3/c1-25-8-10-26(11-9-25)15-17-5-2-4-16(12-17)14-23-22(28)19-13-18-6-3-7-20(27(29)30)21(18)24-19/h2-7,12-13,24H,8-11,14-15H2,1H3,(H,23,28). The molecule has 2 heterocycles. The highest BCUT2D eigenvalue weighted by atomic mass is 16.6. The SMILES string of the molecule is CN1CCN(Cc2cccc(CNC(=O)c3cc4cccc([N+](=O)[O-])c4[nH]3)c2)CC1. The molecule has 0 unspecified atom stereocenters. The van der Waals surface area contributed by atoms with E-state index < -0.39 is 4.92 Å². The highest BCUT2D eigenvalue weighted by Crippen LogP contribution is 2.25. The normalized spacial score (nSPS) is 15.4. The van der Waals surface area contributed by atoms with E-state index in [1.54, 1.807) is 18.2 Å². The number of hydrogen-bond acceptors (Lipinski definition) is 5. The second-order valence-electron chi connectivity index (χ2n) is 7.76. The summed E-state index contributed by atoms with van der Waals surface area (Å²) in [5.74, 6) is -0.287. The molecule has 0 atom stereocenters. The average Bonchev–Trinajstić information content (AvgIpc) is 3.18. The summed E-state index contributed by atoms with van der Waals surface area (Å²) in [7, 11) is 2.14. The van der Waals surface area contributed by atoms with Gasteiger partial charge in [-0.25, -0.2) is 0 Å². The quantitative estimate of drug-likeness (QED) is 0.484. The van der Waals surface area contributed by atoms with Gasteiger partial charge in [0.2, 0.25) is 0 Å². The van der Waals surface area contributed by atoms with Gasteiger partial charge in [0.15, 0.2) is 0 Å². The number of carbonyl (C=O) groups is 1. The van der Waals surface area contributed by atoms with Crippen molar-refractivity contribution >= 4 is 22.5 Å². The third-order valence-corrected chi connectivity index (χ3v) is 5.52. The zero-order valence-corrected chi connectivity index (χ0v) is 16.9. The molecule has 0 saturated carbocycles. The number of carbonyl (C=O) groups excluding carboxylic acids is 1. The summed E-state index contributed by atoms with van der Waals surface area (Å²) in [5, 5.41) is 14.7. The van der Waals surface area contributed by atoms with Crippen molar-refractivity contribution in [2.45, 2.75) is 13.1 Å². The summed E-state index contributed by atoms with van der Waals surface area (Å²) >= 11 is 0. The Hall–Kier alpha value is -3.23. The van der Waals surface area contributed by atoms with Gasteiger partial charge in [-0.1, -0.05) is 36.4 Å². The van der Waals surface area contributed by atoms with Gasteiger partial charge in [-0.05, 0) is 24.2 Å². The minimum atomic E-state index is -0.452. The zero-order valence-electron chi connectivity index (χ0n) is 16.9. The summed E-state index contributed by atoms with van der Waals surface area (Å²) in [5.41, 5.74) is 2.89. The smallest absolute Gasteiger partial charge is 0.293 e. The number of piperazine rings is 1. The maximum Gasteiger partial charge on any atom is 0.293 e. The Morgan fingerprint density at radius 3 is 2.60 bits per heavy atom. The van der Waals surface area contributed by atoms with Crippen molar-refractivity contribution in [2.24, 2.45) is 0 Å². The Bertz CT molecular complexity index is 1070. The van der Waals surface area contributed by atoms with E-state index in [9.17, 15) is 14.9 Å². The molecule has 1 aromatic heterocycles. The third-order valence-electron chi connectivity index (χ3n) is 5.52. The van der Waals surface area contributed by atoms with Gasteiger partial charge in [0.25, 0.3) is 11.6 Å². The largest absolute Gasteiger partial charge is 0.347 e. The van der Waals surface area contributed by atoms with Crippen LogP contribution in [0.5, 0.6) is 0 Å². The molecule has 1 amide bonds. The van der Waals surface area contributed by atoms with E-state index in [0.29, 0.717) is 23.1 Å². The Morgan fingerprint density at radius 1 is 1.10 bits per heavy atom. The molecule has 156 valence electrons. The first-order valence-corrected chi connectivity index (χ1v) is 10.0. The third kappa shape index (κ3) is 4.50. The summed E-state index contributed by atoms with van der Waals surface area (Å²) in [6.07, 6.45) is 0. The molecule has 3 aromatic rings. The minimum Gasteiger partial charge on any atom is -0.347 e. The van der Waals surface area contributed by atoms with Crippen molar-refractivity contribution in [1.82, 2.24) is 20.1 Å². The predicted molar refractivity (Wildman–Crippen MR) is 115 cm³/mol. The first kappa shape index (κ1) is 20.1. The first-order chi connectivity index (χ1) is 14.5. The topological polar surface area (TPSA) is 94.5 Å². The highest BCUT2D eigenvalue weighted by molar-refractivity contribution is 6.00. The minimum absolute atomic E-state index is 0.0387. The van der Waals surface area contributed by atoms with Crippen molar-refractivity contribution in [3.63, 3.8) is 0 Å². The number of aromatic amines is 1. The molecular formula is C22H25N5O3. The predicted octanol–water partition coefficient (Wildman–Crippen LogP) is 2.75. The Morgan fingerprint density at radius 2 is 1.83 bits per heavy atom. The number of likely N-dealkylation sites (N-methyl/N-ethyl adjacent to an activating group) is 1. The fourth-order valence-corrected chi connectivity index (χ4v) is 3.79. The molecule has 8 nitrogen and oxygen atoms in total. The molecule has 8 heteroatoms. The summed E-state index contributed by atoms with van der Waals surface area (Å²) in [6.45, 7) is 5.58. The van der Waals surface area contributed by atoms with Crippen molar-refractivity contribution in [3.05, 3.63) is 75.5 Å². The number of H-pyrrole nitrogens is 1. The number of hydrogen-bond donors (Lipinski definition) is 2. The van der Waals surface area contributed by atoms with Crippen LogP contribution in [0.4, 0.5) is 5.69 Å². The molecule has 0 bridgehead atoms. The first-order valence-electron chi connectivity index (χ1n) is 10.0. The lowest BCUT2D eigenvalue weighted by molar-refractivity contribution is -0.383. The fraction of sp³-hybridized carbons (Fsp3) is 0.318. The van der Waals surface area contributed by atoms with Gasteiger partial charge in [0.1, 0.15) is 11.2 Å². The lowest BCUT2D eigenvalue weighted by Gasteiger charge is -2.32. The van der Waals surface area contributed by atoms with Crippen LogP contribution in [-0.2, 0) is 13.1 Å². The molecule has 0 aliphatic carbocycles. The van der Waals surface area contributed by atoms with Crippen LogP contribution in [0.15, 0.2) is 48.5 Å². The van der Waals surface area contributed by atoms with Gasteiger partial charge in [0.05, 0.1) is 4.92 Å². The fourth-order valence-electron chi connectivity index (χ4n) is 3.79. The highest BCUT2D eigenvalue weighted by Gasteiger charge is 2.17. The lowest BCUT2D eigenvalue weighted by Crippen LogP contribution is -2.43. The van der Waals surface area contributed by atoms with E-state index in [1.807, 2.05) is 12.1 Å². The van der Waals surface area contributed by atoms with E-state index in [0.717, 1.165) is 38.3 Å². The number of nitrogens with one attached hydrogen (secondary N) is 2. The number of amides is 1. The van der Waals surface area contributed by atoms with E-state index in [1.165, 1.54) is 11.6 Å². The van der Waals surface area contributed by atoms with Crippen LogP contribution < -0.4 is 5.32 Å². The number of nitro benzene ring substituents is 1. The number of fused-ring (bicyclic) bond motifs is 1. The lowest BCUT2D eigenvalue weighted by atomic mass is 10.1. The number of nitro groups is 1. The van der Waals surface area contributed by atoms with Gasteiger partial charge in [-0.2, -0.15) is 0 Å². The van der Waals surface area contributed by atoms with Crippen LogP contribution in [0.2, 0.25) is 0 Å². The number of nitrogens with zero attached hydrogens (tertiary/aromatic N) is 3. The van der Waals surface area contributed by atoms with Crippen molar-refractivity contribution < 1.29 is 9.72 Å². The Kier molecular flexibility index (Phi) is 5.78. The van der Waals surface area contributed by atoms with Crippen LogP contribution in [0, 0.1) is 10.1 Å². The molecule has 0 spiro atoms. The van der Waals surface area contributed by atoms with E-state index in [4.69, 9.17) is 0 Å². The molecule has 2 N–H and O–H groups in total. The van der Waals surface area contributed by atoms with Gasteiger partial charge in [-0.3, -0.25) is 19.8 Å². The van der Waals surface area contributed by atoms with E-state index in [2.05, 4.69) is 39.3 Å². The Labute approximate surface area is 174 Å². The number of rotatable bonds is 6. The van der Waals surface area contributed by atoms with Crippen molar-refractivity contribution in [3.8, 4) is 0 Å². The Balaban J connectivity index is 1.40. The molecule has 1 aliphatic rings. The number of benzene rings is 2. The molecule has 1 aliphatic heterocycles. The van der Waals surface area contributed by atoms with E-state index in [-0.39, 0.29) is 11.6 Å². The van der Waals surface area contributed by atoms with Crippen molar-refractivity contribution in [1.29, 1.82) is 0 Å². The van der Waals surface area contributed by atoms with Gasteiger partial charge < -0.3 is 15.2 Å². The monoisotopic (exact) mass is 407 g/mol. The number of non-ortho nitro benzene ring substituents is 1. The molecule has 0 radical (unpaired) electrons. The maximum atomic E-state index is 12.6. The molecule has 4 rings (SSSR count). The summed E-state index contributed by atoms with van der Waals surface area (Å²) in [6, 6.07) is 14.7. The van der Waals surface area contributed by atoms with Crippen LogP contribution >= 0.6 is 0 Å². The van der Waals surface area contributed by atoms with Crippen LogP contribution in [0.25, 0.3) is 10.9 Å². The maximum absolute atomic E-state index is 12.6. The number of para-hydroxylation sites is 1. The molecule has 1 fully saturated rings. The van der Waals surface area contributed by atoms with Crippen LogP contribution in [-0.4, -0.2) is 58.8 Å². The second kappa shape index (κ2) is 8.64. The molecule has 1 saturated heterocycles. The van der Waals surface area contributed by atoms with Crippen LogP contribution in [0.1, 0.15) is 21.6 Å². The number of aromatic nitrogens is 1. The van der Waals surface area contributed by atoms with Gasteiger partial charge in [-0.15, -0.1) is 0 Å². The van der Waals surface area contributed by atoms with Gasteiger partial charge in [0, 0.05) is 50.7 Å². The molecule has 30 heavy (non-hydrogen) atoms. The molecular weight excluding hydrogens is 382 g/mol. The van der Waals surface area contributed by atoms with Crippen molar-refractivity contribution in [2.75, 3.05) is 33.2 Å². The average molecular weight is 407 g/mol. The zero-order chi connectivity index (χ0) is 21.1. The summed E-state index contributed by atoms with van der Waals surface area (Å²) < 4.78 is 0. The second-order valence-corrected chi connectivity index (χ2v) is 7.76. The molecule has 2 aromatic carbocycles. The van der Waals surface area contributed by atoms with E-state index >= 15 is 0 Å². The summed E-state index contributed by atoms with van der Waals surface area (Å²) in [4.78, 5) is 31.0. The van der Waals surface area contributed by atoms with Gasteiger partial charge >= 0.3 is 0 Å². The van der Waals surface area contributed by atoms with Crippen LogP contribution in [0.3, 0.4) is 0 Å².